The van der Waals surface area contributed by atoms with E-state index in [0.717, 1.165) is 16.6 Å². The molecule has 1 saturated heterocycles. The van der Waals surface area contributed by atoms with Crippen LogP contribution in [0.25, 0.3) is 0 Å². The van der Waals surface area contributed by atoms with Gasteiger partial charge in [-0.3, -0.25) is 0 Å². The summed E-state index contributed by atoms with van der Waals surface area (Å²) in [6.07, 6.45) is 0. The van der Waals surface area contributed by atoms with E-state index in [2.05, 4.69) is 0 Å². The van der Waals surface area contributed by atoms with E-state index in [9.17, 15) is 4.79 Å². The molecule has 0 bridgehead atoms. The molecular weight excluding hydrogens is 283 g/mol. The number of rotatable bonds is 5. The van der Waals surface area contributed by atoms with Crippen LogP contribution in [-0.2, 0) is 25.4 Å². The van der Waals surface area contributed by atoms with Crippen LogP contribution in [-0.4, -0.2) is 36.0 Å². The molecule has 1 aliphatic rings. The second-order valence-electron chi connectivity index (χ2n) is 6.67. The van der Waals surface area contributed by atoms with Crippen LogP contribution < -0.4 is 5.46 Å². The lowest BCUT2D eigenvalue weighted by Crippen LogP contribution is -2.41. The molecule has 0 aromatic heterocycles. The van der Waals surface area contributed by atoms with Crippen LogP contribution in [0.15, 0.2) is 18.2 Å². The van der Waals surface area contributed by atoms with E-state index in [4.69, 9.17) is 19.2 Å². The third-order valence-electron chi connectivity index (χ3n) is 4.35. The Kier molecular flexibility index (Phi) is 4.66. The zero-order valence-electron chi connectivity index (χ0n) is 13.8. The number of aliphatic carboxylic acids is 1. The van der Waals surface area contributed by atoms with Crippen molar-refractivity contribution >= 4 is 18.6 Å². The summed E-state index contributed by atoms with van der Waals surface area (Å²) in [6.45, 7) is 10.0. The normalized spacial score (nSPS) is 19.4. The minimum atomic E-state index is -0.974. The van der Waals surface area contributed by atoms with Gasteiger partial charge in [0.2, 0.25) is 0 Å². The summed E-state index contributed by atoms with van der Waals surface area (Å²) in [5.74, 6) is -0.974. The van der Waals surface area contributed by atoms with Gasteiger partial charge in [-0.1, -0.05) is 23.8 Å². The zero-order chi connectivity index (χ0) is 16.5. The largest absolute Gasteiger partial charge is 0.495 e. The van der Waals surface area contributed by atoms with Crippen molar-refractivity contribution in [2.45, 2.75) is 52.4 Å². The Morgan fingerprint density at radius 1 is 1.23 bits per heavy atom. The summed E-state index contributed by atoms with van der Waals surface area (Å²) < 4.78 is 17.3. The highest BCUT2D eigenvalue weighted by Crippen LogP contribution is 2.36. The molecule has 5 nitrogen and oxygen atoms in total. The molecule has 0 radical (unpaired) electrons. The van der Waals surface area contributed by atoms with Crippen LogP contribution in [0, 0.1) is 6.92 Å². The molecule has 22 heavy (non-hydrogen) atoms. The van der Waals surface area contributed by atoms with Crippen molar-refractivity contribution in [2.75, 3.05) is 6.61 Å². The molecule has 6 heteroatoms. The van der Waals surface area contributed by atoms with E-state index in [-0.39, 0.29) is 24.4 Å². The number of carboxylic acid groups (broad SMARTS) is 1. The number of hydrogen-bond acceptors (Lipinski definition) is 4. The van der Waals surface area contributed by atoms with Gasteiger partial charge in [0.25, 0.3) is 0 Å². The van der Waals surface area contributed by atoms with E-state index < -0.39 is 13.1 Å². The van der Waals surface area contributed by atoms with Gasteiger partial charge in [-0.15, -0.1) is 0 Å². The van der Waals surface area contributed by atoms with Gasteiger partial charge in [0.05, 0.1) is 17.8 Å². The maximum atomic E-state index is 10.5. The van der Waals surface area contributed by atoms with Crippen molar-refractivity contribution < 1.29 is 23.9 Å². The summed E-state index contributed by atoms with van der Waals surface area (Å²) in [5.41, 5.74) is 2.15. The molecule has 2 rings (SSSR count). The molecular formula is C16H23BO5. The Morgan fingerprint density at radius 3 is 2.36 bits per heavy atom. The molecule has 1 aromatic rings. The van der Waals surface area contributed by atoms with Gasteiger partial charge < -0.3 is 19.2 Å². The molecule has 1 fully saturated rings. The van der Waals surface area contributed by atoms with Crippen LogP contribution in [0.5, 0.6) is 0 Å². The topological polar surface area (TPSA) is 65.0 Å². The fourth-order valence-electron chi connectivity index (χ4n) is 2.26. The van der Waals surface area contributed by atoms with Crippen molar-refractivity contribution in [1.29, 1.82) is 0 Å². The third kappa shape index (κ3) is 3.51. The summed E-state index contributed by atoms with van der Waals surface area (Å²) in [7, 11) is -0.426. The molecule has 0 spiro atoms. The molecule has 0 aliphatic carbocycles. The minimum Gasteiger partial charge on any atom is -0.480 e. The lowest BCUT2D eigenvalue weighted by atomic mass is 9.75. The van der Waals surface area contributed by atoms with Crippen molar-refractivity contribution in [2.24, 2.45) is 0 Å². The minimum absolute atomic E-state index is 0.249. The number of hydrogen-bond donors (Lipinski definition) is 1. The third-order valence-corrected chi connectivity index (χ3v) is 4.35. The molecule has 1 aromatic carbocycles. The predicted molar refractivity (Wildman–Crippen MR) is 84.2 cm³/mol. The number of benzene rings is 1. The number of ether oxygens (including phenoxy) is 1. The first-order valence-electron chi connectivity index (χ1n) is 7.37. The van der Waals surface area contributed by atoms with E-state index in [1.807, 2.05) is 52.8 Å². The number of carboxylic acids is 1. The second kappa shape index (κ2) is 6.03. The fourth-order valence-corrected chi connectivity index (χ4v) is 2.26. The highest BCUT2D eigenvalue weighted by Gasteiger charge is 2.52. The van der Waals surface area contributed by atoms with Crippen molar-refractivity contribution in [3.05, 3.63) is 29.3 Å². The first kappa shape index (κ1) is 17.0. The summed E-state index contributed by atoms with van der Waals surface area (Å²) in [6, 6.07) is 5.85. The first-order valence-corrected chi connectivity index (χ1v) is 7.37. The van der Waals surface area contributed by atoms with Gasteiger partial charge in [0.15, 0.2) is 0 Å². The summed E-state index contributed by atoms with van der Waals surface area (Å²) >= 11 is 0. The van der Waals surface area contributed by atoms with Crippen LogP contribution in [0.2, 0.25) is 0 Å². The van der Waals surface area contributed by atoms with Crippen LogP contribution in [0.4, 0.5) is 0 Å². The van der Waals surface area contributed by atoms with Crippen LogP contribution in [0.1, 0.15) is 38.8 Å². The predicted octanol–water partition coefficient (Wildman–Crippen LogP) is 1.90. The van der Waals surface area contributed by atoms with E-state index in [0.29, 0.717) is 0 Å². The maximum absolute atomic E-state index is 10.5. The van der Waals surface area contributed by atoms with Crippen molar-refractivity contribution in [3.8, 4) is 0 Å². The molecule has 120 valence electrons. The first-order chi connectivity index (χ1) is 10.1. The average Bonchev–Trinajstić information content (AvgIpc) is 2.60. The van der Waals surface area contributed by atoms with Gasteiger partial charge in [0, 0.05) is 0 Å². The van der Waals surface area contributed by atoms with Gasteiger partial charge in [-0.25, -0.2) is 4.79 Å². The molecule has 0 amide bonds. The Hall–Kier alpha value is -1.37. The maximum Gasteiger partial charge on any atom is 0.495 e. The summed E-state index contributed by atoms with van der Waals surface area (Å²) in [4.78, 5) is 10.5. The molecule has 1 N–H and O–H groups in total. The number of aryl methyl sites for hydroxylation is 1. The van der Waals surface area contributed by atoms with Gasteiger partial charge in [-0.05, 0) is 45.6 Å². The van der Waals surface area contributed by atoms with Crippen LogP contribution >= 0.6 is 0 Å². The molecule has 1 aliphatic heterocycles. The Labute approximate surface area is 131 Å². The molecule has 1 heterocycles. The number of carbonyl (C=O) groups is 1. The Balaban J connectivity index is 2.16. The Morgan fingerprint density at radius 2 is 1.82 bits per heavy atom. The SMILES string of the molecule is Cc1ccc(COCC(=O)O)cc1B1OC(C)(C)C(C)(C)O1. The molecule has 0 saturated carbocycles. The highest BCUT2D eigenvalue weighted by molar-refractivity contribution is 6.62. The van der Waals surface area contributed by atoms with Gasteiger partial charge in [0.1, 0.15) is 6.61 Å². The fraction of sp³-hybridized carbons (Fsp3) is 0.562. The average molecular weight is 306 g/mol. The quantitative estimate of drug-likeness (QED) is 0.842. The zero-order valence-corrected chi connectivity index (χ0v) is 13.8. The smallest absolute Gasteiger partial charge is 0.480 e. The monoisotopic (exact) mass is 306 g/mol. The van der Waals surface area contributed by atoms with E-state index >= 15 is 0 Å². The standard InChI is InChI=1S/C16H23BO5/c1-11-6-7-12(9-20-10-14(18)19)8-13(11)17-21-15(2,3)16(4,5)22-17/h6-8H,9-10H2,1-5H3,(H,18,19). The molecule has 0 unspecified atom stereocenters. The van der Waals surface area contributed by atoms with Gasteiger partial charge >= 0.3 is 13.1 Å². The van der Waals surface area contributed by atoms with E-state index in [1.54, 1.807) is 0 Å². The van der Waals surface area contributed by atoms with E-state index in [1.165, 1.54) is 0 Å². The van der Waals surface area contributed by atoms with Crippen LogP contribution in [0.3, 0.4) is 0 Å². The summed E-state index contributed by atoms with van der Waals surface area (Å²) in [5, 5.41) is 8.61. The highest BCUT2D eigenvalue weighted by atomic mass is 16.7. The lowest BCUT2D eigenvalue weighted by molar-refractivity contribution is -0.142. The second-order valence-corrected chi connectivity index (χ2v) is 6.67. The van der Waals surface area contributed by atoms with Crippen molar-refractivity contribution in [1.82, 2.24) is 0 Å². The van der Waals surface area contributed by atoms with Crippen molar-refractivity contribution in [3.63, 3.8) is 0 Å². The lowest BCUT2D eigenvalue weighted by Gasteiger charge is -2.32. The Bertz CT molecular complexity index is 552. The van der Waals surface area contributed by atoms with Gasteiger partial charge in [-0.2, -0.15) is 0 Å². The molecule has 0 atom stereocenters.